The van der Waals surface area contributed by atoms with E-state index in [1.54, 1.807) is 0 Å². The summed E-state index contributed by atoms with van der Waals surface area (Å²) in [6, 6.07) is 9.04. The van der Waals surface area contributed by atoms with E-state index >= 15 is 0 Å². The van der Waals surface area contributed by atoms with E-state index in [9.17, 15) is 14.7 Å². The Labute approximate surface area is 150 Å². The van der Waals surface area contributed by atoms with Crippen molar-refractivity contribution in [2.24, 2.45) is 11.3 Å². The van der Waals surface area contributed by atoms with Crippen LogP contribution >= 0.6 is 0 Å². The van der Waals surface area contributed by atoms with Crippen molar-refractivity contribution in [3.8, 4) is 0 Å². The van der Waals surface area contributed by atoms with E-state index in [0.29, 0.717) is 31.5 Å². The van der Waals surface area contributed by atoms with E-state index in [-0.39, 0.29) is 35.8 Å². The van der Waals surface area contributed by atoms with Crippen molar-refractivity contribution in [1.82, 2.24) is 10.2 Å². The van der Waals surface area contributed by atoms with Crippen molar-refractivity contribution in [1.29, 1.82) is 0 Å². The van der Waals surface area contributed by atoms with Crippen molar-refractivity contribution in [2.75, 3.05) is 19.7 Å². The lowest BCUT2D eigenvalue weighted by atomic mass is 9.87. The van der Waals surface area contributed by atoms with E-state index in [4.69, 9.17) is 0 Å². The average Bonchev–Trinajstić information content (AvgIpc) is 2.60. The first-order chi connectivity index (χ1) is 11.8. The fraction of sp³-hybridized carbons (Fsp3) is 0.600. The molecule has 1 fully saturated rings. The molecule has 0 aliphatic carbocycles. The minimum Gasteiger partial charge on any atom is -0.394 e. The number of likely N-dealkylation sites (tertiary alicyclic amines) is 1. The molecule has 1 atom stereocenters. The van der Waals surface area contributed by atoms with Crippen molar-refractivity contribution in [3.05, 3.63) is 35.9 Å². The number of rotatable bonds is 5. The van der Waals surface area contributed by atoms with Gasteiger partial charge in [0.25, 0.3) is 5.91 Å². The molecule has 2 N–H and O–H groups in total. The maximum Gasteiger partial charge on any atom is 0.253 e. The molecule has 1 saturated heterocycles. The molecule has 1 aromatic rings. The summed E-state index contributed by atoms with van der Waals surface area (Å²) in [5.74, 6) is -0.0654. The summed E-state index contributed by atoms with van der Waals surface area (Å²) in [6.07, 6.45) is 2.07. The van der Waals surface area contributed by atoms with E-state index in [0.717, 1.165) is 6.42 Å². The molecule has 0 bridgehead atoms. The predicted molar refractivity (Wildman–Crippen MR) is 98.2 cm³/mol. The number of carbonyl (C=O) groups is 2. The third-order valence-electron chi connectivity index (χ3n) is 4.60. The van der Waals surface area contributed by atoms with Crippen LogP contribution < -0.4 is 5.32 Å². The fourth-order valence-electron chi connectivity index (χ4n) is 3.33. The Kier molecular flexibility index (Phi) is 6.59. The summed E-state index contributed by atoms with van der Waals surface area (Å²) in [5, 5.41) is 12.5. The van der Waals surface area contributed by atoms with Crippen LogP contribution in [0.3, 0.4) is 0 Å². The lowest BCUT2D eigenvalue weighted by Crippen LogP contribution is -2.47. The number of hydrogen-bond acceptors (Lipinski definition) is 3. The molecule has 5 nitrogen and oxygen atoms in total. The van der Waals surface area contributed by atoms with Crippen LogP contribution in [0, 0.1) is 11.3 Å². The second-order valence-corrected chi connectivity index (χ2v) is 8.09. The smallest absolute Gasteiger partial charge is 0.253 e. The zero-order valence-corrected chi connectivity index (χ0v) is 15.5. The Hall–Kier alpha value is -1.88. The van der Waals surface area contributed by atoms with Crippen molar-refractivity contribution in [3.63, 3.8) is 0 Å². The maximum absolute atomic E-state index is 12.5. The lowest BCUT2D eigenvalue weighted by Gasteiger charge is -2.33. The molecule has 0 spiro atoms. The van der Waals surface area contributed by atoms with Crippen LogP contribution in [0.1, 0.15) is 50.4 Å². The van der Waals surface area contributed by atoms with Crippen LogP contribution in [0.15, 0.2) is 30.3 Å². The van der Waals surface area contributed by atoms with E-state index in [2.05, 4.69) is 26.1 Å². The third kappa shape index (κ3) is 5.85. The topological polar surface area (TPSA) is 69.6 Å². The van der Waals surface area contributed by atoms with Gasteiger partial charge in [-0.15, -0.1) is 0 Å². The minimum atomic E-state index is -0.212. The Morgan fingerprint density at radius 3 is 2.32 bits per heavy atom. The van der Waals surface area contributed by atoms with Gasteiger partial charge in [-0.25, -0.2) is 0 Å². The quantitative estimate of drug-likeness (QED) is 0.860. The van der Waals surface area contributed by atoms with Crippen LogP contribution in [-0.4, -0.2) is 47.6 Å². The first-order valence-electron chi connectivity index (χ1n) is 9.06. The Bertz CT molecular complexity index is 572. The van der Waals surface area contributed by atoms with Gasteiger partial charge in [0.2, 0.25) is 5.91 Å². The number of piperidine rings is 1. The van der Waals surface area contributed by atoms with Gasteiger partial charge in [-0.3, -0.25) is 9.59 Å². The van der Waals surface area contributed by atoms with Crippen LogP contribution in [0.25, 0.3) is 0 Å². The molecule has 1 aliphatic heterocycles. The number of aliphatic hydroxyl groups is 1. The number of amides is 2. The summed E-state index contributed by atoms with van der Waals surface area (Å²) in [7, 11) is 0. The Balaban J connectivity index is 1.85. The highest BCUT2D eigenvalue weighted by Gasteiger charge is 2.29. The first kappa shape index (κ1) is 19.4. The summed E-state index contributed by atoms with van der Waals surface area (Å²) in [4.78, 5) is 26.7. The molecule has 1 unspecified atom stereocenters. The molecule has 0 saturated carbocycles. The molecule has 0 aromatic heterocycles. The normalized spacial score (nSPS) is 17.2. The fourth-order valence-corrected chi connectivity index (χ4v) is 3.33. The van der Waals surface area contributed by atoms with Gasteiger partial charge < -0.3 is 15.3 Å². The predicted octanol–water partition coefficient (Wildman–Crippen LogP) is 2.45. The van der Waals surface area contributed by atoms with Gasteiger partial charge in [0.05, 0.1) is 12.6 Å². The molecule has 0 radical (unpaired) electrons. The average molecular weight is 346 g/mol. The highest BCUT2D eigenvalue weighted by Crippen LogP contribution is 2.23. The lowest BCUT2D eigenvalue weighted by molar-refractivity contribution is -0.127. The summed E-state index contributed by atoms with van der Waals surface area (Å²) in [5.41, 5.74) is 0.738. The third-order valence-corrected chi connectivity index (χ3v) is 4.60. The molecule has 2 amide bonds. The SMILES string of the molecule is CC(C)(C)CC(CO)NC(=O)C1CCN(C(=O)c2ccccc2)CC1. The summed E-state index contributed by atoms with van der Waals surface area (Å²) in [6.45, 7) is 7.42. The second kappa shape index (κ2) is 8.48. The monoisotopic (exact) mass is 346 g/mol. The van der Waals surface area contributed by atoms with Gasteiger partial charge in [-0.2, -0.15) is 0 Å². The number of aliphatic hydroxyl groups excluding tert-OH is 1. The first-order valence-corrected chi connectivity index (χ1v) is 9.06. The van der Waals surface area contributed by atoms with Crippen LogP contribution in [-0.2, 0) is 4.79 Å². The van der Waals surface area contributed by atoms with E-state index < -0.39 is 0 Å². The van der Waals surface area contributed by atoms with Crippen LogP contribution in [0.2, 0.25) is 0 Å². The van der Waals surface area contributed by atoms with Gasteiger partial charge >= 0.3 is 0 Å². The largest absolute Gasteiger partial charge is 0.394 e. The highest BCUT2D eigenvalue weighted by atomic mass is 16.3. The van der Waals surface area contributed by atoms with Gasteiger partial charge in [0.1, 0.15) is 0 Å². The van der Waals surface area contributed by atoms with Crippen molar-refractivity contribution in [2.45, 2.75) is 46.1 Å². The van der Waals surface area contributed by atoms with Gasteiger partial charge in [0, 0.05) is 24.6 Å². The molecule has 5 heteroatoms. The number of benzene rings is 1. The number of nitrogens with zero attached hydrogens (tertiary/aromatic N) is 1. The molecule has 25 heavy (non-hydrogen) atoms. The Morgan fingerprint density at radius 2 is 1.80 bits per heavy atom. The molecular formula is C20H30N2O3. The van der Waals surface area contributed by atoms with Crippen LogP contribution in [0.5, 0.6) is 0 Å². The molecule has 1 heterocycles. The van der Waals surface area contributed by atoms with Gasteiger partial charge in [-0.05, 0) is 36.8 Å². The van der Waals surface area contributed by atoms with Gasteiger partial charge in [0.15, 0.2) is 0 Å². The van der Waals surface area contributed by atoms with Crippen molar-refractivity contribution < 1.29 is 14.7 Å². The summed E-state index contributed by atoms with van der Waals surface area (Å²) >= 11 is 0. The van der Waals surface area contributed by atoms with Crippen LogP contribution in [0.4, 0.5) is 0 Å². The zero-order valence-electron chi connectivity index (χ0n) is 15.5. The van der Waals surface area contributed by atoms with E-state index in [1.165, 1.54) is 0 Å². The molecule has 138 valence electrons. The highest BCUT2D eigenvalue weighted by molar-refractivity contribution is 5.94. The number of nitrogens with one attached hydrogen (secondary N) is 1. The van der Waals surface area contributed by atoms with E-state index in [1.807, 2.05) is 35.2 Å². The molecule has 1 aliphatic rings. The number of hydrogen-bond donors (Lipinski definition) is 2. The minimum absolute atomic E-state index is 0.00453. The second-order valence-electron chi connectivity index (χ2n) is 8.09. The maximum atomic E-state index is 12.5. The molecule has 1 aromatic carbocycles. The zero-order chi connectivity index (χ0) is 18.4. The summed E-state index contributed by atoms with van der Waals surface area (Å²) < 4.78 is 0. The molecule has 2 rings (SSSR count). The Morgan fingerprint density at radius 1 is 1.20 bits per heavy atom. The van der Waals surface area contributed by atoms with Gasteiger partial charge in [-0.1, -0.05) is 39.0 Å². The number of carbonyl (C=O) groups excluding carboxylic acids is 2. The molecular weight excluding hydrogens is 316 g/mol. The van der Waals surface area contributed by atoms with Crippen molar-refractivity contribution >= 4 is 11.8 Å². The standard InChI is InChI=1S/C20H30N2O3/c1-20(2,3)13-17(14-23)21-18(24)15-9-11-22(12-10-15)19(25)16-7-5-4-6-8-16/h4-8,15,17,23H,9-14H2,1-3H3,(H,21,24).